The van der Waals surface area contributed by atoms with E-state index in [0.717, 1.165) is 42.2 Å². The fourth-order valence-electron chi connectivity index (χ4n) is 4.36. The molecule has 5 rings (SSSR count). The maximum atomic E-state index is 13.1. The molecule has 0 saturated heterocycles. The maximum absolute atomic E-state index is 13.1. The molecule has 0 unspecified atom stereocenters. The number of carbonyl (C=O) groups excluding carboxylic acids is 1. The molecule has 1 atom stereocenters. The number of anilines is 1. The van der Waals surface area contributed by atoms with E-state index in [4.69, 9.17) is 9.47 Å². The Morgan fingerprint density at radius 2 is 1.94 bits per heavy atom. The SMILES string of the molecule is COc1ccc([C@H]2NC(=O)c3c(sc4c3CCN(Cc3ccccc3)C4)N2)c(OC)c1. The number of nitrogens with one attached hydrogen (secondary N) is 2. The van der Waals surface area contributed by atoms with Gasteiger partial charge in [0.15, 0.2) is 0 Å². The molecular formula is C24H25N3O3S. The Morgan fingerprint density at radius 3 is 2.71 bits per heavy atom. The van der Waals surface area contributed by atoms with Crippen LogP contribution >= 0.6 is 11.3 Å². The van der Waals surface area contributed by atoms with Crippen LogP contribution in [0.1, 0.15) is 38.1 Å². The normalized spacial score (nSPS) is 17.9. The second kappa shape index (κ2) is 8.24. The van der Waals surface area contributed by atoms with Gasteiger partial charge in [-0.2, -0.15) is 0 Å². The summed E-state index contributed by atoms with van der Waals surface area (Å²) in [7, 11) is 3.25. The van der Waals surface area contributed by atoms with Gasteiger partial charge in [0.1, 0.15) is 22.7 Å². The van der Waals surface area contributed by atoms with Gasteiger partial charge in [-0.05, 0) is 29.7 Å². The zero-order valence-electron chi connectivity index (χ0n) is 17.6. The van der Waals surface area contributed by atoms with Crippen molar-refractivity contribution in [1.29, 1.82) is 0 Å². The van der Waals surface area contributed by atoms with Gasteiger partial charge in [0.2, 0.25) is 0 Å². The molecule has 0 radical (unpaired) electrons. The molecule has 160 valence electrons. The van der Waals surface area contributed by atoms with Crippen LogP contribution in [0.4, 0.5) is 5.00 Å². The van der Waals surface area contributed by atoms with Crippen molar-refractivity contribution in [1.82, 2.24) is 10.2 Å². The molecule has 31 heavy (non-hydrogen) atoms. The number of amides is 1. The lowest BCUT2D eigenvalue weighted by atomic mass is 9.99. The molecule has 2 aliphatic heterocycles. The van der Waals surface area contributed by atoms with E-state index in [1.165, 1.54) is 16.0 Å². The summed E-state index contributed by atoms with van der Waals surface area (Å²) in [6.45, 7) is 2.75. The van der Waals surface area contributed by atoms with Crippen molar-refractivity contribution in [3.63, 3.8) is 0 Å². The molecule has 3 aromatic rings. The summed E-state index contributed by atoms with van der Waals surface area (Å²) in [4.78, 5) is 16.8. The Labute approximate surface area is 185 Å². The van der Waals surface area contributed by atoms with E-state index in [-0.39, 0.29) is 12.1 Å². The topological polar surface area (TPSA) is 62.8 Å². The smallest absolute Gasteiger partial charge is 0.256 e. The van der Waals surface area contributed by atoms with Crippen LogP contribution in [0.3, 0.4) is 0 Å². The highest BCUT2D eigenvalue weighted by Crippen LogP contribution is 2.42. The molecule has 3 heterocycles. The lowest BCUT2D eigenvalue weighted by Crippen LogP contribution is -2.39. The second-order valence-electron chi connectivity index (χ2n) is 7.81. The minimum Gasteiger partial charge on any atom is -0.497 e. The van der Waals surface area contributed by atoms with Crippen molar-refractivity contribution in [2.24, 2.45) is 0 Å². The third-order valence-corrected chi connectivity index (χ3v) is 7.06. The lowest BCUT2D eigenvalue weighted by molar-refractivity contribution is 0.0934. The van der Waals surface area contributed by atoms with E-state index >= 15 is 0 Å². The van der Waals surface area contributed by atoms with Crippen LogP contribution in [0.25, 0.3) is 0 Å². The summed E-state index contributed by atoms with van der Waals surface area (Å²) < 4.78 is 10.8. The number of fused-ring (bicyclic) bond motifs is 3. The maximum Gasteiger partial charge on any atom is 0.256 e. The number of ether oxygens (including phenoxy) is 2. The molecule has 2 N–H and O–H groups in total. The van der Waals surface area contributed by atoms with Crippen LogP contribution in [0, 0.1) is 0 Å². The van der Waals surface area contributed by atoms with Gasteiger partial charge < -0.3 is 20.1 Å². The Morgan fingerprint density at radius 1 is 1.10 bits per heavy atom. The highest BCUT2D eigenvalue weighted by molar-refractivity contribution is 7.16. The molecular weight excluding hydrogens is 410 g/mol. The summed E-state index contributed by atoms with van der Waals surface area (Å²) in [6.07, 6.45) is 0.543. The monoisotopic (exact) mass is 435 g/mol. The average Bonchev–Trinajstić information content (AvgIpc) is 3.17. The highest BCUT2D eigenvalue weighted by atomic mass is 32.1. The van der Waals surface area contributed by atoms with Gasteiger partial charge in [0.05, 0.1) is 19.8 Å². The second-order valence-corrected chi connectivity index (χ2v) is 8.92. The predicted octanol–water partition coefficient (Wildman–Crippen LogP) is 4.18. The summed E-state index contributed by atoms with van der Waals surface area (Å²) in [5.41, 5.74) is 4.19. The number of carbonyl (C=O) groups is 1. The number of hydrogen-bond acceptors (Lipinski definition) is 6. The average molecular weight is 436 g/mol. The van der Waals surface area contributed by atoms with Gasteiger partial charge >= 0.3 is 0 Å². The molecule has 0 aliphatic carbocycles. The van der Waals surface area contributed by atoms with E-state index < -0.39 is 0 Å². The standard InChI is InChI=1S/C24H25N3O3S/c1-29-16-8-9-17(19(12-16)30-2)22-25-23(28)21-18-10-11-27(13-15-6-4-3-5-7-15)14-20(18)31-24(21)26-22/h3-9,12,22,26H,10-11,13-14H2,1-2H3,(H,25,28)/t22-/m0/s1. The molecule has 2 aliphatic rings. The number of hydrogen-bond donors (Lipinski definition) is 2. The first-order chi connectivity index (χ1) is 15.2. The largest absolute Gasteiger partial charge is 0.497 e. The van der Waals surface area contributed by atoms with Crippen molar-refractivity contribution < 1.29 is 14.3 Å². The van der Waals surface area contributed by atoms with Crippen molar-refractivity contribution >= 4 is 22.2 Å². The number of nitrogens with zero attached hydrogens (tertiary/aromatic N) is 1. The van der Waals surface area contributed by atoms with E-state index in [2.05, 4.69) is 39.8 Å². The van der Waals surface area contributed by atoms with Crippen LogP contribution in [-0.4, -0.2) is 31.6 Å². The molecule has 2 aromatic carbocycles. The first-order valence-corrected chi connectivity index (χ1v) is 11.2. The summed E-state index contributed by atoms with van der Waals surface area (Å²) >= 11 is 1.70. The number of thiophene rings is 1. The summed E-state index contributed by atoms with van der Waals surface area (Å²) in [5, 5.41) is 7.58. The van der Waals surface area contributed by atoms with Crippen LogP contribution in [0.5, 0.6) is 11.5 Å². The molecule has 0 spiro atoms. The zero-order valence-corrected chi connectivity index (χ0v) is 18.4. The van der Waals surface area contributed by atoms with E-state index in [9.17, 15) is 4.79 Å². The lowest BCUT2D eigenvalue weighted by Gasteiger charge is -2.29. The quantitative estimate of drug-likeness (QED) is 0.630. The van der Waals surface area contributed by atoms with Gasteiger partial charge in [0, 0.05) is 36.1 Å². The third kappa shape index (κ3) is 3.75. The number of methoxy groups -OCH3 is 2. The Balaban J connectivity index is 1.39. The van der Waals surface area contributed by atoms with Gasteiger partial charge in [-0.25, -0.2) is 0 Å². The molecule has 1 amide bonds. The molecule has 7 heteroatoms. The predicted molar refractivity (Wildman–Crippen MR) is 122 cm³/mol. The fourth-order valence-corrected chi connectivity index (χ4v) is 5.67. The molecule has 6 nitrogen and oxygen atoms in total. The molecule has 0 saturated carbocycles. The highest BCUT2D eigenvalue weighted by Gasteiger charge is 2.34. The molecule has 0 bridgehead atoms. The van der Waals surface area contributed by atoms with Gasteiger partial charge in [-0.3, -0.25) is 9.69 Å². The molecule has 0 fully saturated rings. The Kier molecular flexibility index (Phi) is 5.29. The van der Waals surface area contributed by atoms with E-state index in [1.807, 2.05) is 24.3 Å². The minimum atomic E-state index is -0.346. The van der Waals surface area contributed by atoms with E-state index in [1.54, 1.807) is 25.6 Å². The summed E-state index contributed by atoms with van der Waals surface area (Å²) in [6, 6.07) is 16.2. The van der Waals surface area contributed by atoms with Crippen LogP contribution in [0.2, 0.25) is 0 Å². The van der Waals surface area contributed by atoms with Crippen LogP contribution in [-0.2, 0) is 19.5 Å². The van der Waals surface area contributed by atoms with Crippen molar-refractivity contribution in [3.05, 3.63) is 75.7 Å². The van der Waals surface area contributed by atoms with Crippen LogP contribution in [0.15, 0.2) is 48.5 Å². The zero-order chi connectivity index (χ0) is 21.4. The Hall–Kier alpha value is -3.03. The first kappa shape index (κ1) is 19.9. The van der Waals surface area contributed by atoms with Gasteiger partial charge in [-0.15, -0.1) is 11.3 Å². The van der Waals surface area contributed by atoms with Crippen LogP contribution < -0.4 is 20.1 Å². The number of benzene rings is 2. The third-order valence-electron chi connectivity index (χ3n) is 5.91. The van der Waals surface area contributed by atoms with E-state index in [0.29, 0.717) is 11.5 Å². The van der Waals surface area contributed by atoms with Gasteiger partial charge in [-0.1, -0.05) is 30.3 Å². The first-order valence-electron chi connectivity index (χ1n) is 10.4. The minimum absolute atomic E-state index is 0.0226. The van der Waals surface area contributed by atoms with Crippen molar-refractivity contribution in [3.8, 4) is 11.5 Å². The van der Waals surface area contributed by atoms with Crippen molar-refractivity contribution in [2.75, 3.05) is 26.1 Å². The fraction of sp³-hybridized carbons (Fsp3) is 0.292. The van der Waals surface area contributed by atoms with Crippen molar-refractivity contribution in [2.45, 2.75) is 25.7 Å². The molecule has 1 aromatic heterocycles. The number of rotatable bonds is 5. The van der Waals surface area contributed by atoms with Gasteiger partial charge in [0.25, 0.3) is 5.91 Å². The Bertz CT molecular complexity index is 1110. The summed E-state index contributed by atoms with van der Waals surface area (Å²) in [5.74, 6) is 1.37.